The highest BCUT2D eigenvalue weighted by molar-refractivity contribution is 5.92. The minimum atomic E-state index is -5.19. The molecule has 2 aromatic carbocycles. The van der Waals surface area contributed by atoms with Crippen molar-refractivity contribution in [2.24, 2.45) is 5.92 Å². The van der Waals surface area contributed by atoms with Gasteiger partial charge in [0.2, 0.25) is 5.60 Å². The molecule has 4 heterocycles. The van der Waals surface area contributed by atoms with Gasteiger partial charge in [-0.2, -0.15) is 13.2 Å². The number of alkyl halides is 3. The van der Waals surface area contributed by atoms with Crippen LogP contribution in [0.25, 0.3) is 0 Å². The van der Waals surface area contributed by atoms with Gasteiger partial charge in [-0.15, -0.1) is 0 Å². The van der Waals surface area contributed by atoms with Crippen molar-refractivity contribution < 1.29 is 51.5 Å². The normalized spacial score (nSPS) is 21.1. The van der Waals surface area contributed by atoms with Gasteiger partial charge in [0.15, 0.2) is 11.8 Å². The van der Waals surface area contributed by atoms with Crippen molar-refractivity contribution in [2.75, 3.05) is 32.7 Å². The van der Waals surface area contributed by atoms with E-state index in [1.165, 1.54) is 0 Å². The number of aliphatic carboxylic acids is 1. The summed E-state index contributed by atoms with van der Waals surface area (Å²) in [6, 6.07) is 19.6. The third kappa shape index (κ3) is 7.64. The summed E-state index contributed by atoms with van der Waals surface area (Å²) in [4.78, 5) is 34.7. The molecule has 0 saturated carbocycles. The number of carbonyl (C=O) groups is 3. The Bertz CT molecular complexity index is 1380. The van der Waals surface area contributed by atoms with Gasteiger partial charge in [-0.1, -0.05) is 65.8 Å². The van der Waals surface area contributed by atoms with Gasteiger partial charge in [0.25, 0.3) is 5.91 Å². The first-order valence-electron chi connectivity index (χ1n) is 14.2. The lowest BCUT2D eigenvalue weighted by molar-refractivity contribution is -0.946. The summed E-state index contributed by atoms with van der Waals surface area (Å²) >= 11 is 0. The fraction of sp³-hybridized carbons (Fsp3) is 0.419. The van der Waals surface area contributed by atoms with Crippen molar-refractivity contribution in [2.45, 2.75) is 44.1 Å². The summed E-state index contributed by atoms with van der Waals surface area (Å²) in [6.45, 7) is 5.99. The zero-order chi connectivity index (χ0) is 32.0. The molecule has 3 aliphatic rings. The SMILES string of the molecule is Cc1cc(C(=O)NCCC[N+]23CCC(CC2)[C@@H](OC(=O)C(O)(c2ccccc2)c2ccccc2)C3)no1.O=C([O-])C(F)(F)F. The van der Waals surface area contributed by atoms with Crippen LogP contribution in [0.5, 0.6) is 0 Å². The van der Waals surface area contributed by atoms with E-state index in [2.05, 4.69) is 10.5 Å². The van der Waals surface area contributed by atoms with E-state index in [1.807, 2.05) is 36.4 Å². The van der Waals surface area contributed by atoms with Crippen molar-refractivity contribution in [1.82, 2.24) is 10.5 Å². The number of ether oxygens (including phenoxy) is 1. The van der Waals surface area contributed by atoms with Crippen molar-refractivity contribution >= 4 is 17.8 Å². The molecule has 0 radical (unpaired) electrons. The molecule has 13 heteroatoms. The van der Waals surface area contributed by atoms with Gasteiger partial charge in [-0.3, -0.25) is 4.79 Å². The molecule has 3 aromatic rings. The Hall–Kier alpha value is -4.23. The molecule has 6 rings (SSSR count). The molecule has 2 N–H and O–H groups in total. The number of nitrogens with zero attached hydrogens (tertiary/aromatic N) is 2. The van der Waals surface area contributed by atoms with Crippen LogP contribution in [0.4, 0.5) is 13.2 Å². The number of carbonyl (C=O) groups excluding carboxylic acids is 3. The molecule has 3 fully saturated rings. The topological polar surface area (TPSA) is 142 Å². The number of amides is 1. The third-order valence-electron chi connectivity index (χ3n) is 8.17. The highest BCUT2D eigenvalue weighted by Gasteiger charge is 2.50. The fourth-order valence-electron chi connectivity index (χ4n) is 5.83. The number of nitrogens with one attached hydrogen (secondary N) is 1. The second-order valence-electron chi connectivity index (χ2n) is 11.1. The summed E-state index contributed by atoms with van der Waals surface area (Å²) < 4.78 is 43.5. The zero-order valence-electron chi connectivity index (χ0n) is 24.1. The van der Waals surface area contributed by atoms with Crippen LogP contribution in [0.3, 0.4) is 0 Å². The van der Waals surface area contributed by atoms with Crippen LogP contribution in [0.1, 0.15) is 46.6 Å². The summed E-state index contributed by atoms with van der Waals surface area (Å²) in [5.74, 6) is -2.96. The number of fused-ring (bicyclic) bond motifs is 3. The molecule has 3 aliphatic heterocycles. The number of hydrogen-bond acceptors (Lipinski definition) is 8. The third-order valence-corrected chi connectivity index (χ3v) is 8.17. The average Bonchev–Trinajstić information content (AvgIpc) is 3.46. The number of carboxylic acid groups (broad SMARTS) is 1. The fourth-order valence-corrected chi connectivity index (χ4v) is 5.83. The molecular formula is C31H34F3N3O7. The van der Waals surface area contributed by atoms with Gasteiger partial charge in [-0.25, -0.2) is 4.79 Å². The smallest absolute Gasteiger partial charge is 0.430 e. The van der Waals surface area contributed by atoms with Crippen molar-refractivity contribution in [3.8, 4) is 0 Å². The second kappa shape index (κ2) is 13.6. The lowest BCUT2D eigenvalue weighted by Crippen LogP contribution is -2.65. The molecule has 1 atom stereocenters. The van der Waals surface area contributed by atoms with Crippen molar-refractivity contribution in [1.29, 1.82) is 0 Å². The highest BCUT2D eigenvalue weighted by Crippen LogP contribution is 2.38. The highest BCUT2D eigenvalue weighted by atomic mass is 19.4. The molecule has 1 amide bonds. The molecule has 1 aromatic heterocycles. The Labute approximate surface area is 252 Å². The van der Waals surface area contributed by atoms with E-state index in [0.717, 1.165) is 49.9 Å². The monoisotopic (exact) mass is 617 g/mol. The molecule has 3 saturated heterocycles. The predicted octanol–water partition coefficient (Wildman–Crippen LogP) is 2.49. The summed E-state index contributed by atoms with van der Waals surface area (Å²) in [6.07, 6.45) is -2.66. The molecule has 0 aliphatic carbocycles. The van der Waals surface area contributed by atoms with Gasteiger partial charge in [0, 0.05) is 37.8 Å². The Morgan fingerprint density at radius 2 is 1.59 bits per heavy atom. The Kier molecular flexibility index (Phi) is 10.1. The van der Waals surface area contributed by atoms with E-state index in [-0.39, 0.29) is 12.0 Å². The largest absolute Gasteiger partial charge is 0.542 e. The minimum absolute atomic E-state index is 0.234. The first-order valence-corrected chi connectivity index (χ1v) is 14.2. The van der Waals surface area contributed by atoms with Crippen LogP contribution in [-0.4, -0.2) is 77.6 Å². The maximum absolute atomic E-state index is 13.6. The Morgan fingerprint density at radius 3 is 2.07 bits per heavy atom. The van der Waals surface area contributed by atoms with Crippen LogP contribution < -0.4 is 10.4 Å². The van der Waals surface area contributed by atoms with Crippen LogP contribution in [0, 0.1) is 12.8 Å². The van der Waals surface area contributed by atoms with E-state index in [0.29, 0.717) is 35.0 Å². The van der Waals surface area contributed by atoms with Crippen LogP contribution in [0.2, 0.25) is 0 Å². The lowest BCUT2D eigenvalue weighted by atomic mass is 9.82. The van der Waals surface area contributed by atoms with Crippen LogP contribution >= 0.6 is 0 Å². The lowest BCUT2D eigenvalue weighted by Gasteiger charge is -2.52. The molecule has 0 spiro atoms. The molecule has 2 bridgehead atoms. The summed E-state index contributed by atoms with van der Waals surface area (Å²) in [7, 11) is 0. The number of piperidine rings is 3. The van der Waals surface area contributed by atoms with Gasteiger partial charge in [0.05, 0.1) is 19.6 Å². The average molecular weight is 618 g/mol. The number of hydrogen-bond donors (Lipinski definition) is 2. The number of halogens is 3. The zero-order valence-corrected chi connectivity index (χ0v) is 24.1. The maximum atomic E-state index is 13.6. The number of aryl methyl sites for hydroxylation is 1. The molecular weight excluding hydrogens is 583 g/mol. The van der Waals surface area contributed by atoms with Gasteiger partial charge < -0.3 is 34.1 Å². The summed E-state index contributed by atoms with van der Waals surface area (Å²) in [5, 5.41) is 27.2. The van der Waals surface area contributed by atoms with E-state index < -0.39 is 23.7 Å². The Balaban J connectivity index is 0.000000566. The van der Waals surface area contributed by atoms with E-state index >= 15 is 0 Å². The Morgan fingerprint density at radius 1 is 1.05 bits per heavy atom. The summed E-state index contributed by atoms with van der Waals surface area (Å²) in [5.41, 5.74) is -0.591. The van der Waals surface area contributed by atoms with E-state index in [1.54, 1.807) is 37.3 Å². The molecule has 10 nitrogen and oxygen atoms in total. The maximum Gasteiger partial charge on any atom is 0.430 e. The number of quaternary nitrogens is 1. The van der Waals surface area contributed by atoms with Gasteiger partial charge in [-0.05, 0) is 18.1 Å². The first kappa shape index (κ1) is 32.7. The number of aromatic nitrogens is 1. The van der Waals surface area contributed by atoms with Crippen molar-refractivity contribution in [3.63, 3.8) is 0 Å². The molecule has 44 heavy (non-hydrogen) atoms. The number of aliphatic hydroxyl groups is 1. The number of carboxylic acids is 1. The van der Waals surface area contributed by atoms with E-state index in [9.17, 15) is 27.9 Å². The molecule has 236 valence electrons. The van der Waals surface area contributed by atoms with Gasteiger partial charge in [0.1, 0.15) is 18.3 Å². The van der Waals surface area contributed by atoms with E-state index in [4.69, 9.17) is 19.2 Å². The van der Waals surface area contributed by atoms with Crippen LogP contribution in [0.15, 0.2) is 71.3 Å². The number of esters is 1. The number of benzene rings is 2. The second-order valence-corrected chi connectivity index (χ2v) is 11.1. The van der Waals surface area contributed by atoms with Gasteiger partial charge >= 0.3 is 12.1 Å². The minimum Gasteiger partial charge on any atom is -0.542 e. The van der Waals surface area contributed by atoms with Crippen LogP contribution in [-0.2, 0) is 19.9 Å². The predicted molar refractivity (Wildman–Crippen MR) is 147 cm³/mol. The van der Waals surface area contributed by atoms with Crippen molar-refractivity contribution in [3.05, 3.63) is 89.3 Å². The number of rotatable bonds is 9. The quantitative estimate of drug-likeness (QED) is 0.212. The molecule has 0 unspecified atom stereocenters. The standard InChI is InChI=1S/C29H33N3O5.C2HF3O2/c1-21-19-25(31-37-21)27(33)30-15-8-16-32-17-13-22(14-18-32)26(20-32)36-28(34)29(35,23-9-4-2-5-10-23)24-11-6-3-7-12-24;3-2(4,5)1(6)7/h2-7,9-12,19,22,26,35H,8,13-18,20H2,1H3;(H,6,7)/t22?,26-,32?;/m0./s1. The first-order chi connectivity index (χ1) is 20.8.